The van der Waals surface area contributed by atoms with Crippen molar-refractivity contribution in [3.05, 3.63) is 23.8 Å². The Morgan fingerprint density at radius 3 is 2.58 bits per heavy atom. The maximum Gasteiger partial charge on any atom is 0.339 e. The second kappa shape index (κ2) is 4.55. The number of anilines is 1. The molecular weight excluding hydrogens is 248 g/mol. The first kappa shape index (κ1) is 13.4. The summed E-state index contributed by atoms with van der Waals surface area (Å²) in [6.45, 7) is 1.67. The predicted molar refractivity (Wildman–Crippen MR) is 69.0 cm³/mol. The zero-order valence-corrected chi connectivity index (χ0v) is 10.5. The number of phenols is 1. The van der Waals surface area contributed by atoms with Crippen LogP contribution in [0.1, 0.15) is 30.1 Å². The predicted octanol–water partition coefficient (Wildman–Crippen LogP) is 1.16. The summed E-state index contributed by atoms with van der Waals surface area (Å²) in [6.07, 6.45) is 1.85. The highest BCUT2D eigenvalue weighted by molar-refractivity contribution is 5.99. The molecule has 2 rings (SSSR count). The van der Waals surface area contributed by atoms with Crippen LogP contribution in [-0.2, 0) is 4.79 Å². The van der Waals surface area contributed by atoms with Gasteiger partial charge in [-0.3, -0.25) is 4.79 Å². The van der Waals surface area contributed by atoms with E-state index in [-0.39, 0.29) is 23.1 Å². The molecule has 1 fully saturated rings. The van der Waals surface area contributed by atoms with Crippen LogP contribution in [0.5, 0.6) is 5.75 Å². The molecule has 1 aromatic rings. The van der Waals surface area contributed by atoms with Crippen LogP contribution >= 0.6 is 0 Å². The van der Waals surface area contributed by atoms with E-state index in [9.17, 15) is 14.7 Å². The Kier molecular flexibility index (Phi) is 3.20. The summed E-state index contributed by atoms with van der Waals surface area (Å²) < 4.78 is 0. The van der Waals surface area contributed by atoms with E-state index in [1.54, 1.807) is 6.92 Å². The van der Waals surface area contributed by atoms with Gasteiger partial charge in [0.25, 0.3) is 0 Å². The van der Waals surface area contributed by atoms with Gasteiger partial charge in [0.15, 0.2) is 0 Å². The van der Waals surface area contributed by atoms with Crippen LogP contribution in [0.25, 0.3) is 0 Å². The van der Waals surface area contributed by atoms with Gasteiger partial charge in [-0.2, -0.15) is 0 Å². The van der Waals surface area contributed by atoms with E-state index in [0.717, 1.165) is 12.8 Å². The molecule has 0 bridgehead atoms. The Balaban J connectivity index is 2.17. The molecule has 1 aliphatic carbocycles. The van der Waals surface area contributed by atoms with Gasteiger partial charge in [-0.05, 0) is 43.9 Å². The number of carboxylic acids is 1. The van der Waals surface area contributed by atoms with Crippen LogP contribution in [0, 0.1) is 5.92 Å². The van der Waals surface area contributed by atoms with E-state index >= 15 is 0 Å². The van der Waals surface area contributed by atoms with Crippen molar-refractivity contribution in [2.75, 3.05) is 5.32 Å². The first-order valence-corrected chi connectivity index (χ1v) is 5.99. The number of carbonyl (C=O) groups is 2. The van der Waals surface area contributed by atoms with Crippen molar-refractivity contribution < 1.29 is 19.8 Å². The van der Waals surface area contributed by atoms with E-state index < -0.39 is 11.5 Å². The highest BCUT2D eigenvalue weighted by Crippen LogP contribution is 2.38. The lowest BCUT2D eigenvalue weighted by Crippen LogP contribution is -2.50. The molecule has 5 N–H and O–H groups in total. The lowest BCUT2D eigenvalue weighted by molar-refractivity contribution is -0.121. The molecule has 0 spiro atoms. The van der Waals surface area contributed by atoms with Gasteiger partial charge in [0.1, 0.15) is 11.3 Å². The van der Waals surface area contributed by atoms with Crippen LogP contribution in [-0.4, -0.2) is 27.6 Å². The molecule has 6 heteroatoms. The summed E-state index contributed by atoms with van der Waals surface area (Å²) in [4.78, 5) is 22.9. The summed E-state index contributed by atoms with van der Waals surface area (Å²) in [5, 5.41) is 20.9. The quantitative estimate of drug-likeness (QED) is 0.609. The zero-order chi connectivity index (χ0) is 14.2. The van der Waals surface area contributed by atoms with E-state index in [0.29, 0.717) is 5.69 Å². The number of hydrogen-bond donors (Lipinski definition) is 4. The van der Waals surface area contributed by atoms with E-state index in [1.165, 1.54) is 18.2 Å². The summed E-state index contributed by atoms with van der Waals surface area (Å²) >= 11 is 0. The van der Waals surface area contributed by atoms with Gasteiger partial charge < -0.3 is 21.3 Å². The van der Waals surface area contributed by atoms with Crippen LogP contribution in [0.4, 0.5) is 5.69 Å². The molecule has 1 atom stereocenters. The van der Waals surface area contributed by atoms with Crippen molar-refractivity contribution in [3.8, 4) is 5.75 Å². The number of hydrogen-bond acceptors (Lipinski definition) is 4. The molecule has 1 aromatic carbocycles. The third kappa shape index (κ3) is 2.68. The molecule has 6 nitrogen and oxygen atoms in total. The van der Waals surface area contributed by atoms with Gasteiger partial charge in [-0.15, -0.1) is 0 Å². The SMILES string of the molecule is CC(N)(C(=O)Nc1ccc(O)c(C(=O)O)c1)C1CC1. The molecule has 1 amide bonds. The third-order valence-electron chi connectivity index (χ3n) is 3.40. The van der Waals surface area contributed by atoms with Crippen molar-refractivity contribution in [3.63, 3.8) is 0 Å². The Morgan fingerprint density at radius 1 is 1.42 bits per heavy atom. The molecule has 0 aliphatic heterocycles. The van der Waals surface area contributed by atoms with Gasteiger partial charge in [0.05, 0.1) is 5.54 Å². The average molecular weight is 264 g/mol. The van der Waals surface area contributed by atoms with Crippen LogP contribution in [0.2, 0.25) is 0 Å². The topological polar surface area (TPSA) is 113 Å². The number of carbonyl (C=O) groups excluding carboxylic acids is 1. The molecule has 1 unspecified atom stereocenters. The van der Waals surface area contributed by atoms with Crippen molar-refractivity contribution in [2.24, 2.45) is 11.7 Å². The minimum atomic E-state index is -1.26. The standard InChI is InChI=1S/C13H16N2O4/c1-13(14,7-2-3-7)12(19)15-8-4-5-10(16)9(6-8)11(17)18/h4-7,16H,2-3,14H2,1H3,(H,15,19)(H,17,18). The number of carboxylic acid groups (broad SMARTS) is 1. The van der Waals surface area contributed by atoms with Crippen molar-refractivity contribution in [1.82, 2.24) is 0 Å². The van der Waals surface area contributed by atoms with E-state index in [2.05, 4.69) is 5.32 Å². The van der Waals surface area contributed by atoms with Gasteiger partial charge in [0, 0.05) is 5.69 Å². The number of nitrogens with one attached hydrogen (secondary N) is 1. The van der Waals surface area contributed by atoms with Crippen LogP contribution in [0.15, 0.2) is 18.2 Å². The Hall–Kier alpha value is -2.08. The number of nitrogens with two attached hydrogens (primary N) is 1. The lowest BCUT2D eigenvalue weighted by Gasteiger charge is -2.23. The van der Waals surface area contributed by atoms with Gasteiger partial charge >= 0.3 is 5.97 Å². The van der Waals surface area contributed by atoms with Gasteiger partial charge in [-0.25, -0.2) is 4.79 Å². The highest BCUT2D eigenvalue weighted by Gasteiger charge is 2.44. The van der Waals surface area contributed by atoms with Crippen LogP contribution < -0.4 is 11.1 Å². The third-order valence-corrected chi connectivity index (χ3v) is 3.40. The smallest absolute Gasteiger partial charge is 0.339 e. The molecule has 1 saturated carbocycles. The maximum absolute atomic E-state index is 12.0. The monoisotopic (exact) mass is 264 g/mol. The largest absolute Gasteiger partial charge is 0.507 e. The van der Waals surface area contributed by atoms with Crippen molar-refractivity contribution >= 4 is 17.6 Å². The molecule has 0 radical (unpaired) electrons. The molecule has 0 saturated heterocycles. The summed E-state index contributed by atoms with van der Waals surface area (Å²) in [5.41, 5.74) is 5.05. The first-order chi connectivity index (χ1) is 8.82. The van der Waals surface area contributed by atoms with Crippen molar-refractivity contribution in [2.45, 2.75) is 25.3 Å². The number of rotatable bonds is 4. The van der Waals surface area contributed by atoms with Crippen LogP contribution in [0.3, 0.4) is 0 Å². The first-order valence-electron chi connectivity index (χ1n) is 5.99. The summed E-state index contributed by atoms with van der Waals surface area (Å²) in [6, 6.07) is 3.87. The Bertz CT molecular complexity index is 535. The summed E-state index contributed by atoms with van der Waals surface area (Å²) in [5.74, 6) is -1.78. The minimum Gasteiger partial charge on any atom is -0.507 e. The number of benzene rings is 1. The minimum absolute atomic E-state index is 0.170. The Morgan fingerprint density at radius 2 is 2.05 bits per heavy atom. The fourth-order valence-electron chi connectivity index (χ4n) is 1.92. The second-order valence-electron chi connectivity index (χ2n) is 5.05. The molecular formula is C13H16N2O4. The lowest BCUT2D eigenvalue weighted by atomic mass is 9.96. The number of aromatic hydroxyl groups is 1. The fourth-order valence-corrected chi connectivity index (χ4v) is 1.92. The molecule has 19 heavy (non-hydrogen) atoms. The van der Waals surface area contributed by atoms with E-state index in [4.69, 9.17) is 10.8 Å². The highest BCUT2D eigenvalue weighted by atomic mass is 16.4. The number of aromatic carboxylic acids is 1. The second-order valence-corrected chi connectivity index (χ2v) is 5.05. The normalized spacial score (nSPS) is 17.6. The zero-order valence-electron chi connectivity index (χ0n) is 10.5. The Labute approximate surface area is 110 Å². The summed E-state index contributed by atoms with van der Waals surface area (Å²) in [7, 11) is 0. The van der Waals surface area contributed by atoms with Crippen molar-refractivity contribution in [1.29, 1.82) is 0 Å². The van der Waals surface area contributed by atoms with Gasteiger partial charge in [0.2, 0.25) is 5.91 Å². The maximum atomic E-state index is 12.0. The fraction of sp³-hybridized carbons (Fsp3) is 0.385. The molecule has 0 aromatic heterocycles. The van der Waals surface area contributed by atoms with E-state index in [1.807, 2.05) is 0 Å². The molecule has 1 aliphatic rings. The number of amides is 1. The molecule has 102 valence electrons. The molecule has 0 heterocycles. The average Bonchev–Trinajstić information content (AvgIpc) is 3.15. The van der Waals surface area contributed by atoms with Gasteiger partial charge in [-0.1, -0.05) is 0 Å².